The standard InChI is InChI=1S/C75H135N3O20/c1-4-7-10-13-16-19-22-25-28-31-34-37-42-47-69(87)96-61-75(62-97-70(88)48-43-38-35-32-29-26-23-20-17-14-11-8-5-2,63-98-71(89)49-44-39-36-33-30-27-24-21-18-15-12-9-6-3)74(93)95-55-46-41-40-45-54-94-72(90)56-64(73(91)92)78(60-68(85)86)53-52-76(57-65(79)80)50-51-77(58-66(81)82)59-67(83)84/h64H,4-63H2,1-3H3,(H,79,80)(H,81,82)(H,83,84)(H,85,86)(H,91,92). The minimum atomic E-state index is -1.86. The highest BCUT2D eigenvalue weighted by Gasteiger charge is 2.45. The molecule has 23 heteroatoms. The first kappa shape index (κ1) is 92.6. The molecule has 98 heavy (non-hydrogen) atoms. The zero-order chi connectivity index (χ0) is 72.5. The van der Waals surface area contributed by atoms with E-state index in [4.69, 9.17) is 23.7 Å². The lowest BCUT2D eigenvalue weighted by molar-refractivity contribution is -0.180. The van der Waals surface area contributed by atoms with Gasteiger partial charge in [0, 0.05) is 45.4 Å². The van der Waals surface area contributed by atoms with Gasteiger partial charge in [-0.05, 0) is 44.9 Å². The third kappa shape index (κ3) is 57.3. The summed E-state index contributed by atoms with van der Waals surface area (Å²) in [4.78, 5) is 130. The molecule has 0 heterocycles. The van der Waals surface area contributed by atoms with Crippen molar-refractivity contribution in [3.05, 3.63) is 0 Å². The van der Waals surface area contributed by atoms with Crippen molar-refractivity contribution in [2.45, 2.75) is 329 Å². The van der Waals surface area contributed by atoms with E-state index in [1.54, 1.807) is 0 Å². The predicted molar refractivity (Wildman–Crippen MR) is 378 cm³/mol. The molecule has 0 aliphatic rings. The monoisotopic (exact) mass is 1400 g/mol. The smallest absolute Gasteiger partial charge is 0.322 e. The molecular formula is C75H135N3O20. The van der Waals surface area contributed by atoms with E-state index in [0.717, 1.165) is 86.8 Å². The summed E-state index contributed by atoms with van der Waals surface area (Å²) in [6.45, 7) is 1.07. The Morgan fingerprint density at radius 2 is 0.561 bits per heavy atom. The molecule has 0 spiro atoms. The second-order valence-corrected chi connectivity index (χ2v) is 27.1. The molecule has 1 atom stereocenters. The summed E-state index contributed by atoms with van der Waals surface area (Å²) in [6, 6.07) is -1.70. The maximum atomic E-state index is 14.5. The summed E-state index contributed by atoms with van der Waals surface area (Å²) in [5.74, 6) is -10.3. The van der Waals surface area contributed by atoms with Gasteiger partial charge in [0.2, 0.25) is 0 Å². The Bertz CT molecular complexity index is 1970. The molecule has 0 aromatic rings. The quantitative estimate of drug-likeness (QED) is 0.0215. The van der Waals surface area contributed by atoms with Crippen LogP contribution < -0.4 is 0 Å². The van der Waals surface area contributed by atoms with Gasteiger partial charge in [-0.25, -0.2) is 0 Å². The molecule has 570 valence electrons. The van der Waals surface area contributed by atoms with Crippen LogP contribution in [0.3, 0.4) is 0 Å². The summed E-state index contributed by atoms with van der Waals surface area (Å²) >= 11 is 0. The molecule has 23 nitrogen and oxygen atoms in total. The van der Waals surface area contributed by atoms with E-state index in [9.17, 15) is 73.5 Å². The first-order valence-corrected chi connectivity index (χ1v) is 38.4. The van der Waals surface area contributed by atoms with Gasteiger partial charge in [0.25, 0.3) is 0 Å². The van der Waals surface area contributed by atoms with Gasteiger partial charge in [0.15, 0.2) is 5.41 Å². The summed E-state index contributed by atoms with van der Waals surface area (Å²) in [6.07, 6.45) is 45.6. The summed E-state index contributed by atoms with van der Waals surface area (Å²) in [5, 5.41) is 47.7. The number of esters is 5. The fourth-order valence-electron chi connectivity index (χ4n) is 11.8. The normalized spacial score (nSPS) is 11.9. The first-order chi connectivity index (χ1) is 47.3. The number of carbonyl (C=O) groups is 10. The lowest BCUT2D eigenvalue weighted by Crippen LogP contribution is -2.49. The average molecular weight is 1400 g/mol. The Kier molecular flexibility index (Phi) is 61.3. The Balaban J connectivity index is 5.99. The molecule has 0 radical (unpaired) electrons. The van der Waals surface area contributed by atoms with Crippen molar-refractivity contribution in [3.8, 4) is 0 Å². The lowest BCUT2D eigenvalue weighted by atomic mass is 9.91. The zero-order valence-corrected chi connectivity index (χ0v) is 61.2. The van der Waals surface area contributed by atoms with Crippen LogP contribution in [0, 0.1) is 5.41 Å². The Morgan fingerprint density at radius 3 is 0.867 bits per heavy atom. The molecule has 0 bridgehead atoms. The van der Waals surface area contributed by atoms with E-state index in [0.29, 0.717) is 44.9 Å². The SMILES string of the molecule is CCCCCCCCCCCCCCCC(=O)OCC(COC(=O)CCCCCCCCCCCCCCC)(COC(=O)CCCCCCCCCCCCCCC)C(=O)OCCCCCCOC(=O)CC(C(=O)O)N(CCN(CCN(CC(=O)O)CC(=O)O)CC(=O)O)CC(=O)O. The molecular weight excluding hydrogens is 1260 g/mol. The fourth-order valence-corrected chi connectivity index (χ4v) is 11.8. The maximum Gasteiger partial charge on any atom is 0.322 e. The number of aliphatic carboxylic acids is 5. The van der Waals surface area contributed by atoms with Crippen LogP contribution in [0.2, 0.25) is 0 Å². The topological polar surface area (TPSA) is 328 Å². The van der Waals surface area contributed by atoms with E-state index in [1.807, 2.05) is 0 Å². The van der Waals surface area contributed by atoms with Gasteiger partial charge in [0.1, 0.15) is 25.9 Å². The van der Waals surface area contributed by atoms with E-state index < -0.39 is 124 Å². The number of hydrogen-bond donors (Lipinski definition) is 5. The summed E-state index contributed by atoms with van der Waals surface area (Å²) in [7, 11) is 0. The van der Waals surface area contributed by atoms with E-state index in [1.165, 1.54) is 159 Å². The van der Waals surface area contributed by atoms with Crippen LogP contribution in [-0.4, -0.2) is 191 Å². The van der Waals surface area contributed by atoms with Crippen LogP contribution >= 0.6 is 0 Å². The van der Waals surface area contributed by atoms with Crippen LogP contribution in [0.15, 0.2) is 0 Å². The Hall–Kier alpha value is -5.42. The molecule has 0 aromatic carbocycles. The van der Waals surface area contributed by atoms with E-state index >= 15 is 0 Å². The molecule has 0 aliphatic heterocycles. The summed E-state index contributed by atoms with van der Waals surface area (Å²) in [5.41, 5.74) is -1.86. The second kappa shape index (κ2) is 64.9. The van der Waals surface area contributed by atoms with Crippen LogP contribution in [-0.2, 0) is 71.6 Å². The maximum absolute atomic E-state index is 14.5. The molecule has 1 unspecified atom stereocenters. The van der Waals surface area contributed by atoms with Crippen molar-refractivity contribution in [1.29, 1.82) is 0 Å². The van der Waals surface area contributed by atoms with Crippen molar-refractivity contribution < 1.29 is 97.2 Å². The highest BCUT2D eigenvalue weighted by Crippen LogP contribution is 2.26. The van der Waals surface area contributed by atoms with E-state index in [-0.39, 0.29) is 58.7 Å². The number of carbonyl (C=O) groups excluding carboxylic acids is 5. The molecule has 0 aromatic heterocycles. The van der Waals surface area contributed by atoms with Crippen LogP contribution in [0.5, 0.6) is 0 Å². The Morgan fingerprint density at radius 1 is 0.296 bits per heavy atom. The molecule has 0 fully saturated rings. The van der Waals surface area contributed by atoms with Crippen molar-refractivity contribution >= 4 is 59.7 Å². The van der Waals surface area contributed by atoms with Crippen molar-refractivity contribution in [3.63, 3.8) is 0 Å². The summed E-state index contributed by atoms with van der Waals surface area (Å²) < 4.78 is 28.6. The van der Waals surface area contributed by atoms with Crippen molar-refractivity contribution in [2.75, 3.05) is 85.4 Å². The third-order valence-electron chi connectivity index (χ3n) is 17.9. The van der Waals surface area contributed by atoms with Gasteiger partial charge in [-0.15, -0.1) is 0 Å². The lowest BCUT2D eigenvalue weighted by Gasteiger charge is -2.30. The van der Waals surface area contributed by atoms with Gasteiger partial charge >= 0.3 is 59.7 Å². The molecule has 5 N–H and O–H groups in total. The van der Waals surface area contributed by atoms with E-state index in [2.05, 4.69) is 20.8 Å². The number of hydrogen-bond acceptors (Lipinski definition) is 18. The minimum absolute atomic E-state index is 0.111. The van der Waals surface area contributed by atoms with Crippen molar-refractivity contribution in [2.24, 2.45) is 5.41 Å². The number of nitrogens with zero attached hydrogens (tertiary/aromatic N) is 3. The molecule has 0 aliphatic carbocycles. The minimum Gasteiger partial charge on any atom is -0.480 e. The van der Waals surface area contributed by atoms with Gasteiger partial charge in [-0.1, -0.05) is 252 Å². The zero-order valence-electron chi connectivity index (χ0n) is 61.2. The Labute approximate surface area is 588 Å². The van der Waals surface area contributed by atoms with Gasteiger partial charge < -0.3 is 49.2 Å². The van der Waals surface area contributed by atoms with Crippen molar-refractivity contribution in [1.82, 2.24) is 14.7 Å². The molecule has 0 rings (SSSR count). The van der Waals surface area contributed by atoms with Crippen LogP contribution in [0.4, 0.5) is 0 Å². The fraction of sp³-hybridized carbons (Fsp3) is 0.867. The molecule has 0 saturated heterocycles. The predicted octanol–water partition coefficient (Wildman–Crippen LogP) is 14.8. The molecule has 0 amide bonds. The van der Waals surface area contributed by atoms with Gasteiger partial charge in [-0.2, -0.15) is 0 Å². The number of unbranched alkanes of at least 4 members (excludes halogenated alkanes) is 39. The second-order valence-electron chi connectivity index (χ2n) is 27.1. The average Bonchev–Trinajstić information content (AvgIpc) is 0.884. The number of carboxylic acid groups (broad SMARTS) is 5. The van der Waals surface area contributed by atoms with Crippen LogP contribution in [0.1, 0.15) is 323 Å². The van der Waals surface area contributed by atoms with Crippen LogP contribution in [0.25, 0.3) is 0 Å². The highest BCUT2D eigenvalue weighted by molar-refractivity contribution is 5.82. The highest BCUT2D eigenvalue weighted by atomic mass is 16.6. The van der Waals surface area contributed by atoms with Gasteiger partial charge in [0.05, 0.1) is 45.8 Å². The number of ether oxygens (including phenoxy) is 5. The largest absolute Gasteiger partial charge is 0.480 e. The number of rotatable bonds is 74. The first-order valence-electron chi connectivity index (χ1n) is 38.4. The number of carboxylic acids is 5. The van der Waals surface area contributed by atoms with Gasteiger partial charge in [-0.3, -0.25) is 62.6 Å². The third-order valence-corrected chi connectivity index (χ3v) is 17.9. The molecule has 0 saturated carbocycles.